The molecule has 4 unspecified atom stereocenters. The third-order valence-corrected chi connectivity index (χ3v) is 6.10. The van der Waals surface area contributed by atoms with E-state index in [1.54, 1.807) is 0 Å². The molecule has 3 amide bonds. The largest absolute Gasteiger partial charge is 0.508 e. The molecular weight excluding hydrogens is 504 g/mol. The van der Waals surface area contributed by atoms with E-state index < -0.39 is 66.2 Å². The number of carboxylic acid groups (broad SMARTS) is 3. The Morgan fingerprint density at radius 1 is 0.895 bits per heavy atom. The third kappa shape index (κ3) is 9.03. The molecule has 8 N–H and O–H groups in total. The van der Waals surface area contributed by atoms with Crippen molar-refractivity contribution < 1.29 is 49.2 Å². The lowest BCUT2D eigenvalue weighted by Crippen LogP contribution is -2.57. The zero-order valence-electron chi connectivity index (χ0n) is 20.5. The Labute approximate surface area is 217 Å². The molecule has 1 aliphatic rings. The van der Waals surface area contributed by atoms with Crippen molar-refractivity contribution in [2.24, 2.45) is 5.73 Å². The number of aromatic hydroxyl groups is 1. The number of hydrogen-bond donors (Lipinski definition) is 7. The van der Waals surface area contributed by atoms with Gasteiger partial charge in [-0.2, -0.15) is 0 Å². The van der Waals surface area contributed by atoms with Crippen LogP contribution in [0.2, 0.25) is 0 Å². The van der Waals surface area contributed by atoms with Crippen LogP contribution in [0.5, 0.6) is 5.75 Å². The molecule has 1 aromatic rings. The zero-order chi connectivity index (χ0) is 28.4. The Kier molecular flexibility index (Phi) is 11.0. The van der Waals surface area contributed by atoms with Crippen LogP contribution in [0, 0.1) is 0 Å². The first-order valence-corrected chi connectivity index (χ1v) is 12.0. The number of carboxylic acids is 3. The van der Waals surface area contributed by atoms with E-state index in [0.717, 1.165) is 4.90 Å². The highest BCUT2D eigenvalue weighted by Gasteiger charge is 2.38. The number of aliphatic carboxylic acids is 3. The van der Waals surface area contributed by atoms with Crippen LogP contribution in [0.3, 0.4) is 0 Å². The smallest absolute Gasteiger partial charge is 0.326 e. The monoisotopic (exact) mass is 536 g/mol. The fourth-order valence-corrected chi connectivity index (χ4v) is 4.05. The van der Waals surface area contributed by atoms with Gasteiger partial charge in [-0.1, -0.05) is 12.1 Å². The molecule has 0 bridgehead atoms. The Hall–Kier alpha value is -4.20. The number of hydrogen-bond acceptors (Lipinski definition) is 8. The van der Waals surface area contributed by atoms with Crippen LogP contribution in [0.25, 0.3) is 0 Å². The fraction of sp³-hybridized carbons (Fsp3) is 0.500. The maximum Gasteiger partial charge on any atom is 0.326 e. The van der Waals surface area contributed by atoms with Crippen molar-refractivity contribution in [3.8, 4) is 5.75 Å². The molecule has 0 aliphatic carbocycles. The minimum absolute atomic E-state index is 0.0348. The minimum Gasteiger partial charge on any atom is -0.508 e. The predicted molar refractivity (Wildman–Crippen MR) is 130 cm³/mol. The van der Waals surface area contributed by atoms with Gasteiger partial charge in [0.25, 0.3) is 0 Å². The molecule has 208 valence electrons. The maximum absolute atomic E-state index is 13.3. The van der Waals surface area contributed by atoms with Gasteiger partial charge in [-0.05, 0) is 43.4 Å². The van der Waals surface area contributed by atoms with Gasteiger partial charge < -0.3 is 41.7 Å². The van der Waals surface area contributed by atoms with Crippen molar-refractivity contribution in [1.29, 1.82) is 0 Å². The second-order valence-corrected chi connectivity index (χ2v) is 8.99. The second-order valence-electron chi connectivity index (χ2n) is 8.99. The summed E-state index contributed by atoms with van der Waals surface area (Å²) in [6.45, 7) is 0.126. The SMILES string of the molecule is NC(CCC(=O)O)C(=O)NC(Cc1ccc(O)cc1)C(=O)NC(CCC(=O)O)C(=O)N1CCCC1C(=O)O. The lowest BCUT2D eigenvalue weighted by atomic mass is 10.0. The van der Waals surface area contributed by atoms with Crippen LogP contribution in [0.15, 0.2) is 24.3 Å². The quantitative estimate of drug-likeness (QED) is 0.153. The number of rotatable bonds is 14. The molecule has 14 nitrogen and oxygen atoms in total. The van der Waals surface area contributed by atoms with Crippen molar-refractivity contribution in [2.75, 3.05) is 6.54 Å². The number of carbonyl (C=O) groups excluding carboxylic acids is 3. The molecule has 0 radical (unpaired) electrons. The van der Waals surface area contributed by atoms with E-state index in [4.69, 9.17) is 15.9 Å². The summed E-state index contributed by atoms with van der Waals surface area (Å²) in [5.41, 5.74) is 6.28. The topological polar surface area (TPSA) is 237 Å². The molecule has 38 heavy (non-hydrogen) atoms. The van der Waals surface area contributed by atoms with Gasteiger partial charge in [0.05, 0.1) is 6.04 Å². The van der Waals surface area contributed by atoms with Gasteiger partial charge in [0.15, 0.2) is 0 Å². The van der Waals surface area contributed by atoms with Gasteiger partial charge in [-0.3, -0.25) is 24.0 Å². The lowest BCUT2D eigenvalue weighted by molar-refractivity contribution is -0.150. The number of phenolic OH excluding ortho intramolecular Hbond substituents is 1. The van der Waals surface area contributed by atoms with Crippen molar-refractivity contribution in [1.82, 2.24) is 15.5 Å². The van der Waals surface area contributed by atoms with Crippen LogP contribution in [-0.2, 0) is 35.2 Å². The number of carbonyl (C=O) groups is 6. The number of benzene rings is 1. The lowest BCUT2D eigenvalue weighted by Gasteiger charge is -2.29. The molecule has 1 saturated heterocycles. The molecular formula is C24H32N4O10. The van der Waals surface area contributed by atoms with Crippen LogP contribution in [-0.4, -0.2) is 91.7 Å². The Morgan fingerprint density at radius 2 is 1.47 bits per heavy atom. The standard InChI is InChI=1S/C24H32N4O10/c25-15(7-9-19(30)31)21(34)27-17(12-13-3-5-14(29)6-4-13)22(35)26-16(8-10-20(32)33)23(36)28-11-1-2-18(28)24(37)38/h3-6,15-18,29H,1-2,7-12,25H2,(H,26,35)(H,27,34)(H,30,31)(H,32,33)(H,37,38). The highest BCUT2D eigenvalue weighted by atomic mass is 16.4. The summed E-state index contributed by atoms with van der Waals surface area (Å²) in [6, 6.07) is 0.697. The van der Waals surface area contributed by atoms with E-state index in [2.05, 4.69) is 10.6 Å². The number of nitrogens with zero attached hydrogens (tertiary/aromatic N) is 1. The van der Waals surface area contributed by atoms with Crippen LogP contribution < -0.4 is 16.4 Å². The molecule has 0 spiro atoms. The number of likely N-dealkylation sites (tertiary alicyclic amines) is 1. The number of amides is 3. The van der Waals surface area contributed by atoms with Crippen molar-refractivity contribution >= 4 is 35.6 Å². The minimum atomic E-state index is -1.38. The molecule has 4 atom stereocenters. The van der Waals surface area contributed by atoms with Crippen LogP contribution >= 0.6 is 0 Å². The molecule has 1 heterocycles. The first kappa shape index (κ1) is 30.0. The summed E-state index contributed by atoms with van der Waals surface area (Å²) >= 11 is 0. The van der Waals surface area contributed by atoms with Crippen LogP contribution in [0.1, 0.15) is 44.1 Å². The first-order chi connectivity index (χ1) is 17.9. The summed E-state index contributed by atoms with van der Waals surface area (Å²) in [4.78, 5) is 73.7. The molecule has 14 heteroatoms. The average Bonchev–Trinajstić information content (AvgIpc) is 3.35. The molecule has 1 fully saturated rings. The Bertz CT molecular complexity index is 1050. The third-order valence-electron chi connectivity index (χ3n) is 6.10. The molecule has 2 rings (SSSR count). The van der Waals surface area contributed by atoms with E-state index in [0.29, 0.717) is 12.0 Å². The normalized spacial score (nSPS) is 17.2. The fourth-order valence-electron chi connectivity index (χ4n) is 4.05. The Balaban J connectivity index is 2.25. The van der Waals surface area contributed by atoms with Gasteiger partial charge in [0, 0.05) is 25.8 Å². The van der Waals surface area contributed by atoms with E-state index in [1.165, 1.54) is 24.3 Å². The van der Waals surface area contributed by atoms with Gasteiger partial charge in [-0.15, -0.1) is 0 Å². The van der Waals surface area contributed by atoms with Gasteiger partial charge in [-0.25, -0.2) is 4.79 Å². The van der Waals surface area contributed by atoms with Crippen molar-refractivity contribution in [3.05, 3.63) is 29.8 Å². The highest BCUT2D eigenvalue weighted by molar-refractivity contribution is 5.94. The molecule has 1 aromatic carbocycles. The Morgan fingerprint density at radius 3 is 2.05 bits per heavy atom. The molecule has 1 aliphatic heterocycles. The predicted octanol–water partition coefficient (Wildman–Crippen LogP) is -0.963. The number of nitrogens with two attached hydrogens (primary N) is 1. The first-order valence-electron chi connectivity index (χ1n) is 12.0. The molecule has 0 saturated carbocycles. The average molecular weight is 537 g/mol. The zero-order valence-corrected chi connectivity index (χ0v) is 20.5. The highest BCUT2D eigenvalue weighted by Crippen LogP contribution is 2.20. The van der Waals surface area contributed by atoms with E-state index in [9.17, 15) is 39.0 Å². The molecule has 0 aromatic heterocycles. The van der Waals surface area contributed by atoms with E-state index in [1.807, 2.05) is 0 Å². The van der Waals surface area contributed by atoms with Crippen molar-refractivity contribution in [2.45, 2.75) is 69.1 Å². The summed E-state index contributed by atoms with van der Waals surface area (Å²) in [5, 5.41) is 41.8. The summed E-state index contributed by atoms with van der Waals surface area (Å²) in [6.07, 6.45) is -0.844. The van der Waals surface area contributed by atoms with Gasteiger partial charge >= 0.3 is 17.9 Å². The summed E-state index contributed by atoms with van der Waals surface area (Å²) < 4.78 is 0. The van der Waals surface area contributed by atoms with E-state index >= 15 is 0 Å². The second kappa shape index (κ2) is 13.9. The summed E-state index contributed by atoms with van der Waals surface area (Å²) in [7, 11) is 0. The van der Waals surface area contributed by atoms with Crippen molar-refractivity contribution in [3.63, 3.8) is 0 Å². The number of nitrogens with one attached hydrogen (secondary N) is 2. The van der Waals surface area contributed by atoms with Gasteiger partial charge in [0.1, 0.15) is 23.9 Å². The number of phenols is 1. The van der Waals surface area contributed by atoms with Crippen LogP contribution in [0.4, 0.5) is 0 Å². The summed E-state index contributed by atoms with van der Waals surface area (Å²) in [5.74, 6) is -6.06. The van der Waals surface area contributed by atoms with Gasteiger partial charge in [0.2, 0.25) is 17.7 Å². The maximum atomic E-state index is 13.3. The van der Waals surface area contributed by atoms with E-state index in [-0.39, 0.29) is 44.4 Å².